The third-order valence-corrected chi connectivity index (χ3v) is 4.73. The number of nitrogens with zero attached hydrogens (tertiary/aromatic N) is 1. The third kappa shape index (κ3) is 7.48. The highest BCUT2D eigenvalue weighted by atomic mass is 127. The maximum atomic E-state index is 13.4. The van der Waals surface area contributed by atoms with Crippen molar-refractivity contribution in [1.82, 2.24) is 15.6 Å². The first-order valence-corrected chi connectivity index (χ1v) is 10.4. The zero-order valence-electron chi connectivity index (χ0n) is 15.0. The highest BCUT2D eigenvalue weighted by Gasteiger charge is 2.06. The molecule has 0 bridgehead atoms. The van der Waals surface area contributed by atoms with Crippen LogP contribution in [-0.2, 0) is 16.3 Å². The topological polar surface area (TPSA) is 86.3 Å². The molecule has 0 fully saturated rings. The van der Waals surface area contributed by atoms with E-state index in [4.69, 9.17) is 0 Å². The molecule has 0 spiro atoms. The molecule has 0 saturated carbocycles. The fourth-order valence-electron chi connectivity index (χ4n) is 2.53. The molecule has 0 aliphatic heterocycles. The number of nitrogens with one attached hydrogen (secondary N) is 3. The first-order chi connectivity index (χ1) is 11.9. The number of rotatable bonds is 8. The van der Waals surface area contributed by atoms with Gasteiger partial charge in [-0.15, -0.1) is 24.0 Å². The number of aromatic amines is 1. The van der Waals surface area contributed by atoms with Crippen molar-refractivity contribution >= 4 is 50.7 Å². The summed E-state index contributed by atoms with van der Waals surface area (Å²) < 4.78 is 35.7. The van der Waals surface area contributed by atoms with Crippen molar-refractivity contribution in [3.8, 4) is 0 Å². The molecule has 0 saturated heterocycles. The van der Waals surface area contributed by atoms with E-state index in [1.807, 2.05) is 13.1 Å². The number of aliphatic imine (C=N–C) groups is 1. The van der Waals surface area contributed by atoms with E-state index in [0.717, 1.165) is 29.4 Å². The van der Waals surface area contributed by atoms with Crippen molar-refractivity contribution < 1.29 is 12.8 Å². The fourth-order valence-corrected chi connectivity index (χ4v) is 3.19. The second kappa shape index (κ2) is 10.7. The van der Waals surface area contributed by atoms with Crippen LogP contribution in [0.4, 0.5) is 4.39 Å². The van der Waals surface area contributed by atoms with Gasteiger partial charge < -0.3 is 15.6 Å². The molecule has 0 aliphatic carbocycles. The van der Waals surface area contributed by atoms with E-state index >= 15 is 0 Å². The van der Waals surface area contributed by atoms with Gasteiger partial charge in [0.2, 0.25) is 0 Å². The lowest BCUT2D eigenvalue weighted by atomic mass is 10.1. The minimum atomic E-state index is -2.95. The maximum absolute atomic E-state index is 13.4. The van der Waals surface area contributed by atoms with Crippen LogP contribution in [0.15, 0.2) is 29.4 Å². The maximum Gasteiger partial charge on any atom is 0.191 e. The average Bonchev–Trinajstić information content (AvgIpc) is 2.93. The number of hydrogen-bond acceptors (Lipinski definition) is 3. The summed E-state index contributed by atoms with van der Waals surface area (Å²) in [5.74, 6) is 0.542. The number of benzene rings is 1. The van der Waals surface area contributed by atoms with Crippen LogP contribution in [0.25, 0.3) is 10.9 Å². The summed E-state index contributed by atoms with van der Waals surface area (Å²) in [5, 5.41) is 7.23. The van der Waals surface area contributed by atoms with E-state index in [2.05, 4.69) is 20.6 Å². The summed E-state index contributed by atoms with van der Waals surface area (Å²) in [7, 11) is -2.95. The van der Waals surface area contributed by atoms with Gasteiger partial charge in [-0.05, 0) is 43.5 Å². The third-order valence-electron chi connectivity index (χ3n) is 3.70. The number of halogens is 2. The van der Waals surface area contributed by atoms with Crippen LogP contribution < -0.4 is 10.6 Å². The Morgan fingerprint density at radius 2 is 2.08 bits per heavy atom. The van der Waals surface area contributed by atoms with Crippen molar-refractivity contribution in [3.63, 3.8) is 0 Å². The van der Waals surface area contributed by atoms with E-state index in [-0.39, 0.29) is 35.5 Å². The quantitative estimate of drug-likeness (QED) is 0.227. The van der Waals surface area contributed by atoms with Crippen LogP contribution in [0.3, 0.4) is 0 Å². The van der Waals surface area contributed by atoms with Crippen molar-refractivity contribution in [1.29, 1.82) is 0 Å². The minimum absolute atomic E-state index is 0. The predicted octanol–water partition coefficient (Wildman–Crippen LogP) is 2.46. The molecule has 0 unspecified atom stereocenters. The number of H-pyrrole nitrogens is 1. The van der Waals surface area contributed by atoms with Crippen LogP contribution in [0.1, 0.15) is 18.9 Å². The summed E-state index contributed by atoms with van der Waals surface area (Å²) in [6.45, 7) is 3.77. The molecule has 26 heavy (non-hydrogen) atoms. The Morgan fingerprint density at radius 3 is 2.77 bits per heavy atom. The summed E-state index contributed by atoms with van der Waals surface area (Å²) in [6, 6.07) is 4.70. The fraction of sp³-hybridized carbons (Fsp3) is 0.471. The number of fused-ring (bicyclic) bond motifs is 1. The Morgan fingerprint density at radius 1 is 1.31 bits per heavy atom. The molecule has 1 aromatic carbocycles. The van der Waals surface area contributed by atoms with Gasteiger partial charge in [-0.3, -0.25) is 4.99 Å². The van der Waals surface area contributed by atoms with Gasteiger partial charge in [-0.25, -0.2) is 12.8 Å². The Hall–Kier alpha value is -1.36. The van der Waals surface area contributed by atoms with Gasteiger partial charge >= 0.3 is 0 Å². The molecule has 9 heteroatoms. The molecular weight excluding hydrogens is 470 g/mol. The molecule has 146 valence electrons. The highest BCUT2D eigenvalue weighted by Crippen LogP contribution is 2.19. The van der Waals surface area contributed by atoms with Gasteiger partial charge in [0.05, 0.1) is 5.75 Å². The second-order valence-electron chi connectivity index (χ2n) is 5.92. The van der Waals surface area contributed by atoms with Gasteiger partial charge in [0.1, 0.15) is 15.7 Å². The van der Waals surface area contributed by atoms with E-state index in [1.54, 1.807) is 6.07 Å². The lowest BCUT2D eigenvalue weighted by Gasteiger charge is -2.11. The summed E-state index contributed by atoms with van der Waals surface area (Å²) in [4.78, 5) is 7.51. The number of guanidine groups is 1. The molecule has 6 nitrogen and oxygen atoms in total. The second-order valence-corrected chi connectivity index (χ2v) is 8.18. The van der Waals surface area contributed by atoms with E-state index in [1.165, 1.54) is 18.4 Å². The smallest absolute Gasteiger partial charge is 0.191 e. The molecule has 0 aliphatic rings. The van der Waals surface area contributed by atoms with Gasteiger partial charge in [0.15, 0.2) is 5.96 Å². The molecule has 3 N–H and O–H groups in total. The zero-order chi connectivity index (χ0) is 18.3. The Balaban J connectivity index is 0.00000338. The molecule has 0 radical (unpaired) electrons. The van der Waals surface area contributed by atoms with Gasteiger partial charge in [0, 0.05) is 43.0 Å². The number of aromatic nitrogens is 1. The van der Waals surface area contributed by atoms with E-state index in [0.29, 0.717) is 25.5 Å². The zero-order valence-corrected chi connectivity index (χ0v) is 18.2. The monoisotopic (exact) mass is 496 g/mol. The number of sulfone groups is 1. The van der Waals surface area contributed by atoms with Crippen LogP contribution in [0, 0.1) is 5.82 Å². The van der Waals surface area contributed by atoms with Crippen LogP contribution >= 0.6 is 24.0 Å². The predicted molar refractivity (Wildman–Crippen MR) is 116 cm³/mol. The molecule has 0 amide bonds. The SMILES string of the molecule is CCNC(=NCCCS(C)(=O)=O)NCCc1c[nH]c2ccc(F)cc12.I. The first-order valence-electron chi connectivity index (χ1n) is 8.34. The average molecular weight is 496 g/mol. The summed E-state index contributed by atoms with van der Waals surface area (Å²) in [5.41, 5.74) is 1.95. The first kappa shape index (κ1) is 22.7. The Bertz CT molecular complexity index is 836. The van der Waals surface area contributed by atoms with Gasteiger partial charge in [-0.1, -0.05) is 0 Å². The van der Waals surface area contributed by atoms with Crippen molar-refractivity contribution in [2.75, 3.05) is 31.6 Å². The summed E-state index contributed by atoms with van der Waals surface area (Å²) in [6.07, 6.45) is 4.33. The van der Waals surface area contributed by atoms with E-state index in [9.17, 15) is 12.8 Å². The highest BCUT2D eigenvalue weighted by molar-refractivity contribution is 14.0. The van der Waals surface area contributed by atoms with Gasteiger partial charge in [0.25, 0.3) is 0 Å². The minimum Gasteiger partial charge on any atom is -0.361 e. The molecule has 2 rings (SSSR count). The molecule has 1 aromatic heterocycles. The van der Waals surface area contributed by atoms with E-state index < -0.39 is 9.84 Å². The Kier molecular flexibility index (Phi) is 9.34. The molecule has 0 atom stereocenters. The molecule has 1 heterocycles. The normalized spacial score (nSPS) is 12.0. The molecule has 2 aromatic rings. The van der Waals surface area contributed by atoms with Crippen LogP contribution in [0.2, 0.25) is 0 Å². The van der Waals surface area contributed by atoms with Crippen LogP contribution in [-0.4, -0.2) is 51.0 Å². The van der Waals surface area contributed by atoms with Gasteiger partial charge in [-0.2, -0.15) is 0 Å². The van der Waals surface area contributed by atoms with Crippen molar-refractivity contribution in [2.24, 2.45) is 4.99 Å². The number of hydrogen-bond donors (Lipinski definition) is 3. The Labute approximate surface area is 171 Å². The lowest BCUT2D eigenvalue weighted by Crippen LogP contribution is -2.38. The van der Waals surface area contributed by atoms with Crippen molar-refractivity contribution in [2.45, 2.75) is 19.8 Å². The standard InChI is InChI=1S/C17H25FN4O2S.HI/c1-3-19-17(20-8-4-10-25(2,23)24)21-9-7-13-12-22-16-6-5-14(18)11-15(13)16;/h5-6,11-12,22H,3-4,7-10H2,1-2H3,(H2,19,20,21);1H. The van der Waals surface area contributed by atoms with Crippen molar-refractivity contribution in [3.05, 3.63) is 35.8 Å². The van der Waals surface area contributed by atoms with Crippen LogP contribution in [0.5, 0.6) is 0 Å². The largest absolute Gasteiger partial charge is 0.361 e. The lowest BCUT2D eigenvalue weighted by molar-refractivity contribution is 0.599. The summed E-state index contributed by atoms with van der Waals surface area (Å²) >= 11 is 0. The molecular formula is C17H26FIN4O2S.